The molecule has 2 N–H and O–H groups in total. The van der Waals surface area contributed by atoms with Crippen LogP contribution in [-0.4, -0.2) is 39.2 Å². The lowest BCUT2D eigenvalue weighted by Crippen LogP contribution is -2.17. The molecule has 0 spiro atoms. The Morgan fingerprint density at radius 1 is 1.15 bits per heavy atom. The van der Waals surface area contributed by atoms with Gasteiger partial charge in [0.1, 0.15) is 0 Å². The van der Waals surface area contributed by atoms with Gasteiger partial charge in [0.05, 0.1) is 18.4 Å². The summed E-state index contributed by atoms with van der Waals surface area (Å²) in [5.74, 6) is 0.0619. The van der Waals surface area contributed by atoms with E-state index >= 15 is 0 Å². The van der Waals surface area contributed by atoms with Gasteiger partial charge in [0.25, 0.3) is 5.91 Å². The molecule has 7 heteroatoms. The van der Waals surface area contributed by atoms with Gasteiger partial charge in [-0.3, -0.25) is 14.5 Å². The van der Waals surface area contributed by atoms with Crippen molar-refractivity contribution in [1.82, 2.24) is 19.7 Å². The van der Waals surface area contributed by atoms with Crippen LogP contribution >= 0.6 is 12.4 Å². The van der Waals surface area contributed by atoms with Crippen molar-refractivity contribution < 1.29 is 4.79 Å². The van der Waals surface area contributed by atoms with Gasteiger partial charge in [-0.1, -0.05) is 18.2 Å². The topological polar surface area (TPSA) is 77.0 Å². The first-order valence-electron chi connectivity index (χ1n) is 8.66. The number of nitrogens with zero attached hydrogens (tertiary/aromatic N) is 4. The molecule has 4 rings (SSSR count). The third-order valence-corrected chi connectivity index (χ3v) is 4.70. The van der Waals surface area contributed by atoms with E-state index in [-0.39, 0.29) is 18.3 Å². The molecule has 1 amide bonds. The number of hydrogen-bond donors (Lipinski definition) is 1. The molecule has 0 atom stereocenters. The summed E-state index contributed by atoms with van der Waals surface area (Å²) in [6, 6.07) is 10.1. The average Bonchev–Trinajstić information content (AvgIpc) is 3.20. The first kappa shape index (κ1) is 19.1. The minimum atomic E-state index is 0. The highest BCUT2D eigenvalue weighted by atomic mass is 35.5. The van der Waals surface area contributed by atoms with Crippen LogP contribution < -0.4 is 5.73 Å². The second-order valence-electron chi connectivity index (χ2n) is 6.66. The Morgan fingerprint density at radius 3 is 2.74 bits per heavy atom. The smallest absolute Gasteiger partial charge is 0.254 e. The molecule has 1 aliphatic heterocycles. The Kier molecular flexibility index (Phi) is 5.30. The molecule has 0 saturated carbocycles. The zero-order chi connectivity index (χ0) is 18.3. The van der Waals surface area contributed by atoms with Crippen molar-refractivity contribution in [3.63, 3.8) is 0 Å². The van der Waals surface area contributed by atoms with E-state index in [4.69, 9.17) is 10.7 Å². The number of pyridine rings is 1. The number of carbonyl (C=O) groups excluding carboxylic acids is 1. The van der Waals surface area contributed by atoms with Gasteiger partial charge in [-0.05, 0) is 24.6 Å². The number of benzene rings is 1. The number of hydrogen-bond acceptors (Lipinski definition) is 4. The van der Waals surface area contributed by atoms with Gasteiger partial charge in [-0.15, -0.1) is 12.4 Å². The van der Waals surface area contributed by atoms with Crippen LogP contribution in [0.1, 0.15) is 21.6 Å². The fourth-order valence-electron chi connectivity index (χ4n) is 3.36. The summed E-state index contributed by atoms with van der Waals surface area (Å²) in [7, 11) is 1.82. The maximum atomic E-state index is 12.4. The summed E-state index contributed by atoms with van der Waals surface area (Å²) < 4.78 is 1.83. The quantitative estimate of drug-likeness (QED) is 0.751. The number of rotatable bonds is 4. The van der Waals surface area contributed by atoms with Crippen LogP contribution in [0, 0.1) is 6.92 Å². The highest BCUT2D eigenvalue weighted by Gasteiger charge is 2.25. The van der Waals surface area contributed by atoms with Crippen molar-refractivity contribution in [2.75, 3.05) is 13.6 Å². The Morgan fingerprint density at radius 2 is 1.96 bits per heavy atom. The van der Waals surface area contributed by atoms with Crippen LogP contribution in [0.5, 0.6) is 0 Å². The third-order valence-electron chi connectivity index (χ3n) is 4.70. The highest BCUT2D eigenvalue weighted by Crippen LogP contribution is 2.33. The molecule has 140 valence electrons. The number of halogens is 1. The van der Waals surface area contributed by atoms with E-state index in [1.807, 2.05) is 55.3 Å². The standard InChI is InChI=1S/C20H21N5O.ClH/c1-13-3-6-17(16-10-22-25(12-16)8-7-21)19(23-13)14-4-5-15-11-24(2)20(26)18(15)9-14;/h3-6,9-10,12H,7-8,11,21H2,1-2H3;1H. The molecule has 3 heterocycles. The molecule has 2 aromatic heterocycles. The minimum absolute atomic E-state index is 0. The zero-order valence-corrected chi connectivity index (χ0v) is 16.2. The molecule has 0 bridgehead atoms. The van der Waals surface area contributed by atoms with Crippen molar-refractivity contribution in [3.8, 4) is 22.4 Å². The van der Waals surface area contributed by atoms with Crippen molar-refractivity contribution in [2.45, 2.75) is 20.0 Å². The number of aryl methyl sites for hydroxylation is 1. The van der Waals surface area contributed by atoms with Gasteiger partial charge >= 0.3 is 0 Å². The molecule has 6 nitrogen and oxygen atoms in total. The molecule has 0 saturated heterocycles. The summed E-state index contributed by atoms with van der Waals surface area (Å²) in [6.07, 6.45) is 3.81. The summed E-state index contributed by atoms with van der Waals surface area (Å²) >= 11 is 0. The summed E-state index contributed by atoms with van der Waals surface area (Å²) in [5.41, 5.74) is 12.2. The minimum Gasteiger partial charge on any atom is -0.337 e. The van der Waals surface area contributed by atoms with E-state index in [1.54, 1.807) is 4.90 Å². The molecule has 27 heavy (non-hydrogen) atoms. The van der Waals surface area contributed by atoms with Crippen LogP contribution in [0.4, 0.5) is 0 Å². The lowest BCUT2D eigenvalue weighted by atomic mass is 9.98. The maximum absolute atomic E-state index is 12.4. The molecule has 1 aromatic carbocycles. The predicted octanol–water partition coefficient (Wildman–Crippen LogP) is 2.89. The predicted molar refractivity (Wildman–Crippen MR) is 108 cm³/mol. The van der Waals surface area contributed by atoms with Gasteiger partial charge in [0.15, 0.2) is 0 Å². The fraction of sp³-hybridized carbons (Fsp3) is 0.250. The van der Waals surface area contributed by atoms with Gasteiger partial charge in [0.2, 0.25) is 0 Å². The first-order valence-corrected chi connectivity index (χ1v) is 8.66. The monoisotopic (exact) mass is 383 g/mol. The molecule has 0 radical (unpaired) electrons. The van der Waals surface area contributed by atoms with Crippen molar-refractivity contribution in [1.29, 1.82) is 0 Å². The first-order chi connectivity index (χ1) is 12.6. The van der Waals surface area contributed by atoms with E-state index in [0.717, 1.165) is 39.2 Å². The number of carbonyl (C=O) groups is 1. The summed E-state index contributed by atoms with van der Waals surface area (Å²) in [4.78, 5) is 18.8. The molecule has 0 fully saturated rings. The molecule has 1 aliphatic rings. The zero-order valence-electron chi connectivity index (χ0n) is 15.3. The van der Waals surface area contributed by atoms with E-state index in [0.29, 0.717) is 19.6 Å². The van der Waals surface area contributed by atoms with Gasteiger partial charge in [-0.2, -0.15) is 5.10 Å². The third kappa shape index (κ3) is 3.46. The Hall–Kier alpha value is -2.70. The molecular weight excluding hydrogens is 362 g/mol. The van der Waals surface area contributed by atoms with Crippen LogP contribution in [0.15, 0.2) is 42.7 Å². The summed E-state index contributed by atoms with van der Waals surface area (Å²) in [6.45, 7) is 3.85. The number of fused-ring (bicyclic) bond motifs is 1. The average molecular weight is 384 g/mol. The number of aromatic nitrogens is 3. The van der Waals surface area contributed by atoms with Gasteiger partial charge in [-0.25, -0.2) is 0 Å². The summed E-state index contributed by atoms with van der Waals surface area (Å²) in [5, 5.41) is 4.37. The van der Waals surface area contributed by atoms with Gasteiger partial charge < -0.3 is 10.6 Å². The van der Waals surface area contributed by atoms with Gasteiger partial charge in [0, 0.05) is 54.3 Å². The normalized spacial score (nSPS) is 12.9. The molecule has 3 aromatic rings. The molecule has 0 unspecified atom stereocenters. The second kappa shape index (κ2) is 7.50. The van der Waals surface area contributed by atoms with Crippen LogP contribution in [0.3, 0.4) is 0 Å². The van der Waals surface area contributed by atoms with Crippen molar-refractivity contribution >= 4 is 18.3 Å². The molecular formula is C20H22ClN5O. The Bertz CT molecular complexity index is 998. The lowest BCUT2D eigenvalue weighted by molar-refractivity contribution is 0.0816. The number of amides is 1. The number of nitrogens with two attached hydrogens (primary N) is 1. The van der Waals surface area contributed by atoms with Crippen LogP contribution in [0.25, 0.3) is 22.4 Å². The lowest BCUT2D eigenvalue weighted by Gasteiger charge is -2.10. The fourth-order valence-corrected chi connectivity index (χ4v) is 3.36. The van der Waals surface area contributed by atoms with Crippen LogP contribution in [0.2, 0.25) is 0 Å². The second-order valence-corrected chi connectivity index (χ2v) is 6.66. The van der Waals surface area contributed by atoms with E-state index in [9.17, 15) is 4.79 Å². The van der Waals surface area contributed by atoms with E-state index < -0.39 is 0 Å². The Labute approximate surface area is 164 Å². The largest absolute Gasteiger partial charge is 0.337 e. The van der Waals surface area contributed by atoms with Crippen LogP contribution in [-0.2, 0) is 13.1 Å². The van der Waals surface area contributed by atoms with E-state index in [1.165, 1.54) is 0 Å². The molecule has 0 aliphatic carbocycles. The van der Waals surface area contributed by atoms with E-state index in [2.05, 4.69) is 11.2 Å². The highest BCUT2D eigenvalue weighted by molar-refractivity contribution is 5.99. The SMILES string of the molecule is Cc1ccc(-c2cnn(CCN)c2)c(-c2ccc3c(c2)C(=O)N(C)C3)n1.Cl. The maximum Gasteiger partial charge on any atom is 0.254 e. The van der Waals surface area contributed by atoms with Crippen molar-refractivity contribution in [3.05, 3.63) is 59.5 Å². The van der Waals surface area contributed by atoms with Crippen molar-refractivity contribution in [2.24, 2.45) is 5.73 Å². The Balaban J connectivity index is 0.00000210.